The maximum atomic E-state index is 13.0. The Morgan fingerprint density at radius 3 is 2.66 bits per heavy atom. The number of pyridine rings is 1. The highest BCUT2D eigenvalue weighted by molar-refractivity contribution is 7.80. The standard InChI is InChI=1S/C28H27N3O3S/c1-3-19-7-9-24-21(12-19)14-22(27(32)30-24)16-31(28(35)29-23-6-4-5-18(2)11-23)15-20-8-10-25-26(13-20)34-17-33-25/h4-14H,3,15-17H2,1-2H3,(H,29,35)(H,30,32). The summed E-state index contributed by atoms with van der Waals surface area (Å²) in [6, 6.07) is 22.0. The van der Waals surface area contributed by atoms with E-state index in [0.29, 0.717) is 23.8 Å². The lowest BCUT2D eigenvalue weighted by Crippen LogP contribution is -2.35. The van der Waals surface area contributed by atoms with Gasteiger partial charge in [-0.2, -0.15) is 0 Å². The van der Waals surface area contributed by atoms with Crippen molar-refractivity contribution in [2.75, 3.05) is 12.1 Å². The summed E-state index contributed by atoms with van der Waals surface area (Å²) in [4.78, 5) is 18.0. The first-order valence-corrected chi connectivity index (χ1v) is 12.1. The van der Waals surface area contributed by atoms with Gasteiger partial charge >= 0.3 is 0 Å². The summed E-state index contributed by atoms with van der Waals surface area (Å²) in [5, 5.41) is 4.89. The first-order chi connectivity index (χ1) is 17.0. The van der Waals surface area contributed by atoms with Gasteiger partial charge in [0.05, 0.1) is 6.54 Å². The zero-order valence-electron chi connectivity index (χ0n) is 19.8. The molecule has 0 amide bonds. The fourth-order valence-electron chi connectivity index (χ4n) is 4.23. The highest BCUT2D eigenvalue weighted by Crippen LogP contribution is 2.33. The first-order valence-electron chi connectivity index (χ1n) is 11.6. The summed E-state index contributed by atoms with van der Waals surface area (Å²) >= 11 is 5.82. The quantitative estimate of drug-likeness (QED) is 0.350. The number of anilines is 1. The second-order valence-electron chi connectivity index (χ2n) is 8.74. The van der Waals surface area contributed by atoms with Gasteiger partial charge in [-0.3, -0.25) is 4.79 Å². The minimum atomic E-state index is -0.115. The molecule has 0 radical (unpaired) electrons. The molecule has 0 atom stereocenters. The Balaban J connectivity index is 1.47. The second kappa shape index (κ2) is 9.80. The van der Waals surface area contributed by atoms with E-state index in [0.717, 1.165) is 45.6 Å². The van der Waals surface area contributed by atoms with Crippen LogP contribution in [0.4, 0.5) is 5.69 Å². The van der Waals surface area contributed by atoms with Crippen LogP contribution in [0.2, 0.25) is 0 Å². The highest BCUT2D eigenvalue weighted by atomic mass is 32.1. The molecule has 0 unspecified atom stereocenters. The van der Waals surface area contributed by atoms with Gasteiger partial charge in [0.15, 0.2) is 16.6 Å². The SMILES string of the molecule is CCc1ccc2[nH]c(=O)c(CN(Cc3ccc4c(c3)OCO4)C(=S)Nc3cccc(C)c3)cc2c1. The summed E-state index contributed by atoms with van der Waals surface area (Å²) in [5.74, 6) is 1.45. The monoisotopic (exact) mass is 485 g/mol. The summed E-state index contributed by atoms with van der Waals surface area (Å²) in [7, 11) is 0. The van der Waals surface area contributed by atoms with Crippen molar-refractivity contribution >= 4 is 33.9 Å². The maximum absolute atomic E-state index is 13.0. The van der Waals surface area contributed by atoms with Gasteiger partial charge in [0.1, 0.15) is 0 Å². The number of thiocarbonyl (C=S) groups is 1. The first kappa shape index (κ1) is 22.9. The van der Waals surface area contributed by atoms with E-state index in [-0.39, 0.29) is 12.4 Å². The van der Waals surface area contributed by atoms with Crippen molar-refractivity contribution in [2.24, 2.45) is 0 Å². The molecule has 0 aliphatic carbocycles. The van der Waals surface area contributed by atoms with Crippen molar-refractivity contribution in [3.63, 3.8) is 0 Å². The fourth-order valence-corrected chi connectivity index (χ4v) is 4.48. The molecule has 6 nitrogen and oxygen atoms in total. The van der Waals surface area contributed by atoms with Crippen LogP contribution in [-0.4, -0.2) is 21.8 Å². The zero-order valence-corrected chi connectivity index (χ0v) is 20.6. The Hall–Kier alpha value is -3.84. The summed E-state index contributed by atoms with van der Waals surface area (Å²) in [6.45, 7) is 5.24. The minimum Gasteiger partial charge on any atom is -0.454 e. The maximum Gasteiger partial charge on any atom is 0.253 e. The molecular weight excluding hydrogens is 458 g/mol. The van der Waals surface area contributed by atoms with Crippen LogP contribution in [-0.2, 0) is 19.5 Å². The van der Waals surface area contributed by atoms with Crippen LogP contribution >= 0.6 is 12.2 Å². The number of aromatic nitrogens is 1. The summed E-state index contributed by atoms with van der Waals surface area (Å²) in [5.41, 5.74) is 5.65. The van der Waals surface area contributed by atoms with E-state index in [1.165, 1.54) is 5.56 Å². The Morgan fingerprint density at radius 2 is 1.83 bits per heavy atom. The topological polar surface area (TPSA) is 66.6 Å². The number of ether oxygens (including phenoxy) is 2. The lowest BCUT2D eigenvalue weighted by molar-refractivity contribution is 0.174. The number of aryl methyl sites for hydroxylation is 2. The zero-order chi connectivity index (χ0) is 24.4. The predicted molar refractivity (Wildman–Crippen MR) is 143 cm³/mol. The number of fused-ring (bicyclic) bond motifs is 2. The number of rotatable bonds is 6. The van der Waals surface area contributed by atoms with Gasteiger partial charge in [0.25, 0.3) is 5.56 Å². The fraction of sp³-hybridized carbons (Fsp3) is 0.214. The second-order valence-corrected chi connectivity index (χ2v) is 9.13. The molecule has 3 aromatic carbocycles. The van der Waals surface area contributed by atoms with Crippen LogP contribution in [0.3, 0.4) is 0 Å². The molecule has 1 aromatic heterocycles. The van der Waals surface area contributed by atoms with Crippen molar-refractivity contribution in [1.82, 2.24) is 9.88 Å². The smallest absolute Gasteiger partial charge is 0.253 e. The number of nitrogens with one attached hydrogen (secondary N) is 2. The lowest BCUT2D eigenvalue weighted by Gasteiger charge is -2.26. The van der Waals surface area contributed by atoms with Gasteiger partial charge < -0.3 is 24.7 Å². The average Bonchev–Trinajstić information content (AvgIpc) is 3.31. The van der Waals surface area contributed by atoms with Crippen LogP contribution in [0.15, 0.2) is 71.5 Å². The Morgan fingerprint density at radius 1 is 1.00 bits per heavy atom. The van der Waals surface area contributed by atoms with Gasteiger partial charge in [-0.05, 0) is 90.1 Å². The van der Waals surface area contributed by atoms with Crippen LogP contribution < -0.4 is 20.3 Å². The minimum absolute atomic E-state index is 0.115. The van der Waals surface area contributed by atoms with Gasteiger partial charge in [0, 0.05) is 23.3 Å². The average molecular weight is 486 g/mol. The Labute approximate surface area is 209 Å². The predicted octanol–water partition coefficient (Wildman–Crippen LogP) is 5.53. The normalized spacial score (nSPS) is 12.1. The third-order valence-corrected chi connectivity index (χ3v) is 6.48. The molecule has 1 aliphatic rings. The molecule has 35 heavy (non-hydrogen) atoms. The lowest BCUT2D eigenvalue weighted by atomic mass is 10.1. The van der Waals surface area contributed by atoms with Crippen LogP contribution in [0.1, 0.15) is 29.2 Å². The van der Waals surface area contributed by atoms with E-state index in [4.69, 9.17) is 21.7 Å². The van der Waals surface area contributed by atoms with Gasteiger partial charge in [-0.25, -0.2) is 0 Å². The van der Waals surface area contributed by atoms with E-state index in [9.17, 15) is 4.79 Å². The molecule has 0 spiro atoms. The van der Waals surface area contributed by atoms with Gasteiger partial charge in [-0.15, -0.1) is 0 Å². The molecule has 0 saturated carbocycles. The molecule has 2 N–H and O–H groups in total. The summed E-state index contributed by atoms with van der Waals surface area (Å²) < 4.78 is 11.0. The van der Waals surface area contributed by atoms with E-state index < -0.39 is 0 Å². The molecule has 1 aliphatic heterocycles. The third-order valence-electron chi connectivity index (χ3n) is 6.12. The summed E-state index contributed by atoms with van der Waals surface area (Å²) in [6.07, 6.45) is 0.936. The van der Waals surface area contributed by atoms with Crippen LogP contribution in [0.25, 0.3) is 10.9 Å². The number of hydrogen-bond donors (Lipinski definition) is 2. The number of nitrogens with zero attached hydrogens (tertiary/aromatic N) is 1. The van der Waals surface area contributed by atoms with Crippen molar-refractivity contribution in [3.05, 3.63) is 99.3 Å². The largest absolute Gasteiger partial charge is 0.454 e. The van der Waals surface area contributed by atoms with Crippen molar-refractivity contribution < 1.29 is 9.47 Å². The number of benzene rings is 3. The van der Waals surface area contributed by atoms with Crippen LogP contribution in [0, 0.1) is 6.92 Å². The van der Waals surface area contributed by atoms with Crippen molar-refractivity contribution in [1.29, 1.82) is 0 Å². The number of aromatic amines is 1. The molecule has 5 rings (SSSR count). The molecule has 2 heterocycles. The van der Waals surface area contributed by atoms with E-state index >= 15 is 0 Å². The molecule has 178 valence electrons. The van der Waals surface area contributed by atoms with Crippen LogP contribution in [0.5, 0.6) is 11.5 Å². The molecule has 0 bridgehead atoms. The molecular formula is C28H27N3O3S. The molecule has 0 saturated heterocycles. The van der Waals surface area contributed by atoms with Crippen molar-refractivity contribution in [3.8, 4) is 11.5 Å². The highest BCUT2D eigenvalue weighted by Gasteiger charge is 2.18. The number of hydrogen-bond acceptors (Lipinski definition) is 4. The van der Waals surface area contributed by atoms with Gasteiger partial charge in [0.2, 0.25) is 6.79 Å². The number of H-pyrrole nitrogens is 1. The van der Waals surface area contributed by atoms with Gasteiger partial charge in [-0.1, -0.05) is 31.2 Å². The molecule has 7 heteroatoms. The molecule has 0 fully saturated rings. The Bertz CT molecular complexity index is 1460. The Kier molecular flexibility index (Phi) is 6.42. The van der Waals surface area contributed by atoms with E-state index in [1.807, 2.05) is 72.5 Å². The van der Waals surface area contributed by atoms with E-state index in [1.54, 1.807) is 0 Å². The van der Waals surface area contributed by atoms with Crippen molar-refractivity contribution in [2.45, 2.75) is 33.4 Å². The van der Waals surface area contributed by atoms with E-state index in [2.05, 4.69) is 23.3 Å². The third kappa shape index (κ3) is 5.15. The molecule has 4 aromatic rings.